The highest BCUT2D eigenvalue weighted by molar-refractivity contribution is 9.10. The Morgan fingerprint density at radius 2 is 1.81 bits per heavy atom. The molecule has 6 heterocycles. The Morgan fingerprint density at radius 1 is 1.03 bits per heavy atom. The molecule has 4 fully saturated rings. The van der Waals surface area contributed by atoms with E-state index in [0.717, 1.165) is 83.3 Å². The van der Waals surface area contributed by atoms with Crippen molar-refractivity contribution in [3.05, 3.63) is 69.0 Å². The fraction of sp³-hybridized carbons (Fsp3) is 0.622. The molecule has 1 aromatic heterocycles. The number of carbonyl (C=O) groups is 3. The smallest absolute Gasteiger partial charge is 0.344 e. The molecule has 4 unspecified atom stereocenters. The van der Waals surface area contributed by atoms with Crippen LogP contribution in [0.5, 0.6) is 0 Å². The van der Waals surface area contributed by atoms with E-state index < -0.39 is 52.5 Å². The molecular formula is C45H57BrN4O8. The third-order valence-electron chi connectivity index (χ3n) is 15.5. The summed E-state index contributed by atoms with van der Waals surface area (Å²) in [4.78, 5) is 53.4. The van der Waals surface area contributed by atoms with E-state index in [4.69, 9.17) is 18.9 Å². The lowest BCUT2D eigenvalue weighted by Gasteiger charge is -2.61. The molecule has 58 heavy (non-hydrogen) atoms. The van der Waals surface area contributed by atoms with Gasteiger partial charge in [-0.1, -0.05) is 53.9 Å². The lowest BCUT2D eigenvalue weighted by molar-refractivity contribution is -0.238. The first-order chi connectivity index (χ1) is 27.8. The molecule has 7 aliphatic rings. The first-order valence-corrected chi connectivity index (χ1v) is 21.8. The predicted molar refractivity (Wildman–Crippen MR) is 220 cm³/mol. The molecule has 1 aromatic carbocycles. The SMILES string of the molecule is CCC1=C[C@H]2CN(C1)Cc1c([nH]c3ccc(Br)cc13)[C@@](C(=O)OC)(C1C=C3C(=CC1OC)N(C)[C@H]1[C@@](O)(C(=O)OC)[C@H](OC(C)=O)C4[C@@H](CC)CCN5CC[C@]31[C@H]45)C2. The number of aromatic amines is 1. The standard InChI is InChI=1S/C45H57BrN4O8/c1-8-25-16-26-20-44(41(52)56-6,37-30(23-49(21-25)22-26)29-17-28(46)10-11-33(29)47-37)32-18-31-34(19-35(32)55-5)48(4)40-43(31)13-15-50-14-12-27(9-2)36(38(43)50)39(58-24(3)51)45(40,54)42(53)57-7/h10-11,16-19,26-27,32,35-36,38-40,47,54H,8-9,12-15,20-23H2,1-7H3/t26-,27+,32?,35?,36?,38+,39-,40-,43-,44+,45-/m1/s1. The minimum Gasteiger partial charge on any atom is -0.468 e. The minimum atomic E-state index is -2.20. The number of aliphatic hydroxyl groups is 1. The summed E-state index contributed by atoms with van der Waals surface area (Å²) >= 11 is 3.73. The highest BCUT2D eigenvalue weighted by Gasteiger charge is 2.79. The maximum absolute atomic E-state index is 15.3. The maximum Gasteiger partial charge on any atom is 0.344 e. The number of piperidine rings is 1. The van der Waals surface area contributed by atoms with Gasteiger partial charge in [-0.05, 0) is 86.0 Å². The number of likely N-dealkylation sites (tertiary alicyclic amines) is 1. The molecule has 12 atom stereocenters. The number of methoxy groups -OCH3 is 3. The number of fused-ring (bicyclic) bond motifs is 6. The van der Waals surface area contributed by atoms with Crippen molar-refractivity contribution in [1.82, 2.24) is 19.7 Å². The summed E-state index contributed by atoms with van der Waals surface area (Å²) in [5.41, 5.74) is 1.88. The van der Waals surface area contributed by atoms with Gasteiger partial charge in [-0.25, -0.2) is 4.79 Å². The molecule has 2 bridgehead atoms. The van der Waals surface area contributed by atoms with Crippen LogP contribution in [0.4, 0.5) is 0 Å². The maximum atomic E-state index is 15.3. The molecule has 13 heteroatoms. The second-order valence-electron chi connectivity index (χ2n) is 18.0. The molecule has 3 saturated heterocycles. The van der Waals surface area contributed by atoms with Crippen LogP contribution in [0.2, 0.25) is 0 Å². The van der Waals surface area contributed by atoms with Gasteiger partial charge in [0.1, 0.15) is 11.5 Å². The number of nitrogens with zero attached hydrogens (tertiary/aromatic N) is 3. The van der Waals surface area contributed by atoms with E-state index in [2.05, 4.69) is 74.9 Å². The molecular weight excluding hydrogens is 804 g/mol. The van der Waals surface area contributed by atoms with Crippen molar-refractivity contribution in [2.45, 2.75) is 94.7 Å². The summed E-state index contributed by atoms with van der Waals surface area (Å²) in [5.74, 6) is -2.44. The monoisotopic (exact) mass is 860 g/mol. The van der Waals surface area contributed by atoms with Gasteiger partial charge in [0.25, 0.3) is 0 Å². The fourth-order valence-corrected chi connectivity index (χ4v) is 13.9. The molecule has 312 valence electrons. The van der Waals surface area contributed by atoms with Gasteiger partial charge >= 0.3 is 17.9 Å². The number of nitrogens with one attached hydrogen (secondary N) is 1. The zero-order valence-corrected chi connectivity index (χ0v) is 36.3. The van der Waals surface area contributed by atoms with Crippen LogP contribution in [0.25, 0.3) is 10.9 Å². The Balaban J connectivity index is 1.32. The van der Waals surface area contributed by atoms with E-state index in [0.29, 0.717) is 19.4 Å². The zero-order valence-electron chi connectivity index (χ0n) is 34.7. The number of halogens is 1. The van der Waals surface area contributed by atoms with Crippen LogP contribution in [0.1, 0.15) is 64.1 Å². The van der Waals surface area contributed by atoms with Crippen LogP contribution >= 0.6 is 15.9 Å². The van der Waals surface area contributed by atoms with Gasteiger partial charge in [-0.3, -0.25) is 19.4 Å². The van der Waals surface area contributed by atoms with Crippen LogP contribution in [0.3, 0.4) is 0 Å². The van der Waals surface area contributed by atoms with Crippen molar-refractivity contribution >= 4 is 44.7 Å². The number of ether oxygens (including phenoxy) is 4. The minimum absolute atomic E-state index is 0.0612. The highest BCUT2D eigenvalue weighted by atomic mass is 79.9. The van der Waals surface area contributed by atoms with Crippen LogP contribution < -0.4 is 0 Å². The number of hydrogen-bond acceptors (Lipinski definition) is 11. The Labute approximate surface area is 349 Å². The van der Waals surface area contributed by atoms with Crippen LogP contribution in [-0.4, -0.2) is 127 Å². The molecule has 0 radical (unpaired) electrons. The van der Waals surface area contributed by atoms with Gasteiger partial charge in [0.15, 0.2) is 0 Å². The highest BCUT2D eigenvalue weighted by Crippen LogP contribution is 2.68. The second kappa shape index (κ2) is 14.3. The number of rotatable bonds is 7. The van der Waals surface area contributed by atoms with E-state index in [-0.39, 0.29) is 29.8 Å². The average Bonchev–Trinajstić information content (AvgIpc) is 3.86. The molecule has 2 N–H and O–H groups in total. The van der Waals surface area contributed by atoms with Crippen LogP contribution in [-0.2, 0) is 45.3 Å². The Kier molecular flexibility index (Phi) is 9.86. The van der Waals surface area contributed by atoms with Crippen LogP contribution in [0, 0.1) is 29.1 Å². The Bertz CT molecular complexity index is 2150. The molecule has 0 amide bonds. The first-order valence-electron chi connectivity index (χ1n) is 21.0. The van der Waals surface area contributed by atoms with E-state index in [1.54, 1.807) is 7.11 Å². The van der Waals surface area contributed by atoms with Crippen molar-refractivity contribution in [3.8, 4) is 0 Å². The van der Waals surface area contributed by atoms with E-state index in [1.807, 2.05) is 18.0 Å². The molecule has 5 aliphatic heterocycles. The molecule has 2 aromatic rings. The summed E-state index contributed by atoms with van der Waals surface area (Å²) in [6, 6.07) is 5.25. The number of H-pyrrole nitrogens is 1. The average molecular weight is 862 g/mol. The Hall–Kier alpha value is -3.49. The number of aromatic nitrogens is 1. The second-order valence-corrected chi connectivity index (χ2v) is 18.9. The Morgan fingerprint density at radius 3 is 2.50 bits per heavy atom. The third-order valence-corrected chi connectivity index (χ3v) is 16.0. The summed E-state index contributed by atoms with van der Waals surface area (Å²) in [6.45, 7) is 9.64. The van der Waals surface area contributed by atoms with Gasteiger partial charge in [0.05, 0.1) is 26.4 Å². The number of esters is 3. The van der Waals surface area contributed by atoms with Crippen molar-refractivity contribution in [1.29, 1.82) is 0 Å². The van der Waals surface area contributed by atoms with E-state index in [1.165, 1.54) is 26.7 Å². The quantitative estimate of drug-likeness (QED) is 0.215. The van der Waals surface area contributed by atoms with Crippen molar-refractivity contribution in [2.75, 3.05) is 54.6 Å². The summed E-state index contributed by atoms with van der Waals surface area (Å²) in [7, 11) is 6.38. The van der Waals surface area contributed by atoms with Crippen LogP contribution in [0.15, 0.2) is 57.7 Å². The first kappa shape index (κ1) is 39.9. The third kappa shape index (κ3) is 5.34. The number of allylic oxidation sites excluding steroid dienone is 1. The summed E-state index contributed by atoms with van der Waals surface area (Å²) in [5, 5.41) is 14.3. The van der Waals surface area contributed by atoms with Gasteiger partial charge in [-0.15, -0.1) is 0 Å². The van der Waals surface area contributed by atoms with Gasteiger partial charge < -0.3 is 33.9 Å². The molecule has 1 saturated carbocycles. The molecule has 9 rings (SSSR count). The lowest BCUT2D eigenvalue weighted by Crippen LogP contribution is -2.77. The zero-order chi connectivity index (χ0) is 41.1. The predicted octanol–water partition coefficient (Wildman–Crippen LogP) is 5.24. The fourth-order valence-electron chi connectivity index (χ4n) is 13.5. The summed E-state index contributed by atoms with van der Waals surface area (Å²) in [6.07, 6.45) is 8.78. The summed E-state index contributed by atoms with van der Waals surface area (Å²) < 4.78 is 25.1. The van der Waals surface area contributed by atoms with Gasteiger partial charge in [0, 0.05) is 90.8 Å². The normalized spacial score (nSPS) is 38.9. The van der Waals surface area contributed by atoms with E-state index in [9.17, 15) is 14.7 Å². The van der Waals surface area contributed by atoms with Crippen molar-refractivity contribution in [2.24, 2.45) is 29.1 Å². The van der Waals surface area contributed by atoms with Gasteiger partial charge in [-0.2, -0.15) is 0 Å². The number of likely N-dealkylation sites (N-methyl/N-ethyl adjacent to an activating group) is 1. The number of carbonyl (C=O) groups excluding carboxylic acids is 3. The van der Waals surface area contributed by atoms with Crippen molar-refractivity contribution in [3.63, 3.8) is 0 Å². The van der Waals surface area contributed by atoms with Crippen molar-refractivity contribution < 1.29 is 38.4 Å². The molecule has 1 spiro atoms. The lowest BCUT2D eigenvalue weighted by atomic mass is 9.50. The topological polar surface area (TPSA) is 134 Å². The largest absolute Gasteiger partial charge is 0.468 e. The number of hydrogen-bond donors (Lipinski definition) is 2. The van der Waals surface area contributed by atoms with Gasteiger partial charge in [0.2, 0.25) is 5.60 Å². The molecule has 12 nitrogen and oxygen atoms in total. The van der Waals surface area contributed by atoms with E-state index >= 15 is 4.79 Å². The number of benzene rings is 1. The molecule has 2 aliphatic carbocycles.